The van der Waals surface area contributed by atoms with Gasteiger partial charge in [0.2, 0.25) is 0 Å². The highest BCUT2D eigenvalue weighted by molar-refractivity contribution is 6.00. The molecule has 0 radical (unpaired) electrons. The summed E-state index contributed by atoms with van der Waals surface area (Å²) >= 11 is 0. The molecule has 6 rings (SSSR count). The van der Waals surface area contributed by atoms with E-state index in [1.54, 1.807) is 17.1 Å². The molecule has 42 heavy (non-hydrogen) atoms. The molecule has 0 unspecified atom stereocenters. The maximum absolute atomic E-state index is 13.5. The zero-order chi connectivity index (χ0) is 28.5. The summed E-state index contributed by atoms with van der Waals surface area (Å²) in [6.45, 7) is 7.26. The third-order valence-electron chi connectivity index (χ3n) is 7.06. The van der Waals surface area contributed by atoms with Crippen molar-refractivity contribution in [2.45, 2.75) is 40.4 Å². The number of benzene rings is 2. The van der Waals surface area contributed by atoms with Crippen LogP contribution >= 0.6 is 12.4 Å². The first kappa shape index (κ1) is 28.6. The van der Waals surface area contributed by atoms with E-state index in [-0.39, 0.29) is 18.3 Å². The van der Waals surface area contributed by atoms with Crippen LogP contribution in [0.5, 0.6) is 0 Å². The molecule has 1 amide bonds. The fourth-order valence-electron chi connectivity index (χ4n) is 4.99. The van der Waals surface area contributed by atoms with Gasteiger partial charge in [0.1, 0.15) is 17.3 Å². The van der Waals surface area contributed by atoms with Crippen molar-refractivity contribution in [1.82, 2.24) is 35.0 Å². The number of anilines is 1. The molecule has 4 aromatic heterocycles. The minimum Gasteiger partial charge on any atom is -0.383 e. The number of carbonyl (C=O) groups is 1. The van der Waals surface area contributed by atoms with Crippen LogP contribution in [0.4, 0.5) is 5.82 Å². The third-order valence-corrected chi connectivity index (χ3v) is 7.06. The van der Waals surface area contributed by atoms with Crippen molar-refractivity contribution < 1.29 is 9.32 Å². The van der Waals surface area contributed by atoms with E-state index in [0.29, 0.717) is 48.2 Å². The molecule has 0 saturated carbocycles. The van der Waals surface area contributed by atoms with E-state index in [0.717, 1.165) is 38.6 Å². The molecule has 0 aliphatic heterocycles. The second-order valence-electron chi connectivity index (χ2n) is 10.3. The number of nitrogens with one attached hydrogen (secondary N) is 1. The van der Waals surface area contributed by atoms with Crippen molar-refractivity contribution in [3.8, 4) is 11.3 Å². The van der Waals surface area contributed by atoms with Crippen LogP contribution < -0.4 is 11.1 Å². The highest BCUT2D eigenvalue weighted by Crippen LogP contribution is 2.29. The molecule has 10 nitrogen and oxygen atoms in total. The number of amides is 1. The van der Waals surface area contributed by atoms with E-state index in [1.807, 2.05) is 62.1 Å². The molecular formula is C31H31ClN8O2. The molecular weight excluding hydrogens is 552 g/mol. The first-order valence-corrected chi connectivity index (χ1v) is 13.3. The lowest BCUT2D eigenvalue weighted by atomic mass is 10.1. The van der Waals surface area contributed by atoms with Gasteiger partial charge < -0.3 is 15.6 Å². The van der Waals surface area contributed by atoms with Gasteiger partial charge in [0.05, 0.1) is 36.1 Å². The highest BCUT2D eigenvalue weighted by Gasteiger charge is 2.23. The molecule has 0 saturated heterocycles. The van der Waals surface area contributed by atoms with Gasteiger partial charge in [-0.15, -0.1) is 12.4 Å². The number of hydrogen-bond acceptors (Lipinski definition) is 7. The molecule has 0 fully saturated rings. The van der Waals surface area contributed by atoms with Gasteiger partial charge in [0, 0.05) is 30.5 Å². The van der Waals surface area contributed by atoms with Gasteiger partial charge in [-0.2, -0.15) is 10.2 Å². The summed E-state index contributed by atoms with van der Waals surface area (Å²) in [6.07, 6.45) is 7.34. The number of pyridine rings is 1. The molecule has 4 heterocycles. The maximum Gasteiger partial charge on any atom is 0.255 e. The molecule has 214 valence electrons. The molecule has 0 aliphatic carbocycles. The number of hydrogen-bond donors (Lipinski definition) is 2. The van der Waals surface area contributed by atoms with Crippen molar-refractivity contribution in [3.05, 3.63) is 113 Å². The van der Waals surface area contributed by atoms with Gasteiger partial charge in [0.15, 0.2) is 0 Å². The predicted octanol–water partition coefficient (Wildman–Crippen LogP) is 5.24. The van der Waals surface area contributed by atoms with E-state index < -0.39 is 0 Å². The number of nitrogens with two attached hydrogens (primary N) is 1. The van der Waals surface area contributed by atoms with Gasteiger partial charge in [0.25, 0.3) is 5.91 Å². The second kappa shape index (κ2) is 11.9. The van der Waals surface area contributed by atoms with Crippen LogP contribution in [0, 0.1) is 20.8 Å². The molecule has 6 aromatic rings. The van der Waals surface area contributed by atoms with Crippen LogP contribution in [0.25, 0.3) is 22.0 Å². The quantitative estimate of drug-likeness (QED) is 0.251. The number of rotatable bonds is 8. The van der Waals surface area contributed by atoms with Crippen molar-refractivity contribution in [1.29, 1.82) is 0 Å². The van der Waals surface area contributed by atoms with Crippen molar-refractivity contribution in [2.24, 2.45) is 0 Å². The van der Waals surface area contributed by atoms with Crippen LogP contribution in [0.3, 0.4) is 0 Å². The Balaban J connectivity index is 0.00000353. The molecule has 0 aliphatic rings. The second-order valence-corrected chi connectivity index (χ2v) is 10.3. The molecule has 11 heteroatoms. The third kappa shape index (κ3) is 5.89. The summed E-state index contributed by atoms with van der Waals surface area (Å²) < 4.78 is 9.11. The summed E-state index contributed by atoms with van der Waals surface area (Å²) in [5.74, 6) is 0.864. The van der Waals surface area contributed by atoms with Gasteiger partial charge in [-0.3, -0.25) is 14.2 Å². The van der Waals surface area contributed by atoms with Crippen molar-refractivity contribution in [3.63, 3.8) is 0 Å². The number of carbonyl (C=O) groups excluding carboxylic acids is 1. The number of nitrogen functional groups attached to an aromatic ring is 1. The lowest BCUT2D eigenvalue weighted by molar-refractivity contribution is 0.0951. The maximum atomic E-state index is 13.5. The minimum absolute atomic E-state index is 0. The Morgan fingerprint density at radius 1 is 0.952 bits per heavy atom. The Kier molecular flexibility index (Phi) is 8.08. The average Bonchev–Trinajstić information content (AvgIpc) is 3.66. The van der Waals surface area contributed by atoms with Crippen LogP contribution in [0.1, 0.15) is 44.1 Å². The number of halogens is 1. The Bertz CT molecular complexity index is 1850. The summed E-state index contributed by atoms with van der Waals surface area (Å²) in [5.41, 5.74) is 12.7. The molecule has 0 bridgehead atoms. The van der Waals surface area contributed by atoms with E-state index in [9.17, 15) is 4.79 Å². The predicted molar refractivity (Wildman–Crippen MR) is 163 cm³/mol. The smallest absolute Gasteiger partial charge is 0.255 e. The summed E-state index contributed by atoms with van der Waals surface area (Å²) in [7, 11) is 0. The Morgan fingerprint density at radius 3 is 2.33 bits per heavy atom. The zero-order valence-corrected chi connectivity index (χ0v) is 24.4. The largest absolute Gasteiger partial charge is 0.383 e. The minimum atomic E-state index is -0.231. The monoisotopic (exact) mass is 582 g/mol. The zero-order valence-electron chi connectivity index (χ0n) is 23.5. The van der Waals surface area contributed by atoms with Crippen molar-refractivity contribution >= 4 is 34.9 Å². The number of nitrogens with zero attached hydrogens (tertiary/aromatic N) is 6. The normalized spacial score (nSPS) is 11.0. The first-order valence-electron chi connectivity index (χ1n) is 13.3. The van der Waals surface area contributed by atoms with Crippen LogP contribution in [-0.2, 0) is 19.6 Å². The molecule has 2 aromatic carbocycles. The van der Waals surface area contributed by atoms with E-state index in [4.69, 9.17) is 15.4 Å². The Morgan fingerprint density at radius 2 is 1.67 bits per heavy atom. The Hall–Kier alpha value is -4.96. The van der Waals surface area contributed by atoms with Crippen LogP contribution in [-0.4, -0.2) is 35.6 Å². The van der Waals surface area contributed by atoms with Gasteiger partial charge in [-0.05, 0) is 60.5 Å². The van der Waals surface area contributed by atoms with E-state index >= 15 is 0 Å². The van der Waals surface area contributed by atoms with E-state index in [2.05, 4.69) is 44.8 Å². The van der Waals surface area contributed by atoms with E-state index in [1.165, 1.54) is 0 Å². The topological polar surface area (TPSA) is 130 Å². The van der Waals surface area contributed by atoms with Gasteiger partial charge in [-0.1, -0.05) is 41.6 Å². The fraction of sp³-hybridized carbons (Fsp3) is 0.194. The number of aromatic nitrogens is 6. The average molecular weight is 583 g/mol. The number of aryl methyl sites for hydroxylation is 3. The first-order chi connectivity index (χ1) is 19.8. The highest BCUT2D eigenvalue weighted by atomic mass is 35.5. The van der Waals surface area contributed by atoms with Gasteiger partial charge >= 0.3 is 0 Å². The van der Waals surface area contributed by atoms with Crippen molar-refractivity contribution in [2.75, 3.05) is 5.73 Å². The van der Waals surface area contributed by atoms with Crippen LogP contribution in [0.2, 0.25) is 0 Å². The summed E-state index contributed by atoms with van der Waals surface area (Å²) in [5, 5.41) is 18.2. The molecule has 0 atom stereocenters. The van der Waals surface area contributed by atoms with Crippen LogP contribution in [0.15, 0.2) is 77.8 Å². The summed E-state index contributed by atoms with van der Waals surface area (Å²) in [4.78, 5) is 17.6. The number of fused-ring (bicyclic) bond motifs is 1. The lowest BCUT2D eigenvalue weighted by Gasteiger charge is -2.07. The Labute approximate surface area is 248 Å². The fourth-order valence-corrected chi connectivity index (χ4v) is 4.99. The lowest BCUT2D eigenvalue weighted by Crippen LogP contribution is -2.23. The molecule has 3 N–H and O–H groups in total. The SMILES string of the molecule is Cc1cnn(Cc2ccc(Cn3cc(C(=O)NCc4ccc5c(N)nccc5c4)c(-c4c(C)noc4C)n3)cc2)c1.Cl. The molecule has 0 spiro atoms. The summed E-state index contributed by atoms with van der Waals surface area (Å²) in [6, 6.07) is 16.1. The standard InChI is InChI=1S/C31H30N8O2.ClH/c1-19-13-35-38(15-19)16-22-4-6-23(7-5-22)17-39-18-27(29(36-39)28-20(2)37-41-21(28)3)31(40)34-14-24-8-9-26-25(12-24)10-11-33-30(26)32;/h4-13,15,18H,14,16-17H2,1-3H3,(H2,32,33)(H,34,40);1H. The van der Waals surface area contributed by atoms with Gasteiger partial charge in [-0.25, -0.2) is 4.98 Å².